The van der Waals surface area contributed by atoms with Crippen LogP contribution in [0, 0.1) is 5.92 Å². The molecule has 0 bridgehead atoms. The Hall–Kier alpha value is -1.28. The van der Waals surface area contributed by atoms with Gasteiger partial charge in [-0.2, -0.15) is 0 Å². The second kappa shape index (κ2) is 5.38. The van der Waals surface area contributed by atoms with E-state index in [9.17, 15) is 0 Å². The predicted octanol–water partition coefficient (Wildman–Crippen LogP) is 4.88. The van der Waals surface area contributed by atoms with E-state index in [0.29, 0.717) is 6.04 Å². The van der Waals surface area contributed by atoms with Crippen LogP contribution in [0.1, 0.15) is 32.6 Å². The van der Waals surface area contributed by atoms with Crippen molar-refractivity contribution in [2.45, 2.75) is 38.6 Å². The summed E-state index contributed by atoms with van der Waals surface area (Å²) in [5, 5.41) is 5.48. The molecule has 19 heavy (non-hydrogen) atoms. The van der Waals surface area contributed by atoms with Crippen molar-refractivity contribution in [2.75, 3.05) is 5.32 Å². The molecule has 3 heteroatoms. The van der Waals surface area contributed by atoms with E-state index < -0.39 is 0 Å². The number of fused-ring (bicyclic) bond motifs is 1. The summed E-state index contributed by atoms with van der Waals surface area (Å²) in [5.74, 6) is 0.776. The van der Waals surface area contributed by atoms with E-state index in [0.717, 1.165) is 27.5 Å². The number of nitrogens with zero attached hydrogens (tertiary/aromatic N) is 1. The third-order valence-electron chi connectivity index (χ3n) is 4.16. The highest BCUT2D eigenvalue weighted by Gasteiger charge is 2.21. The van der Waals surface area contributed by atoms with Crippen molar-refractivity contribution >= 4 is 28.2 Å². The molecule has 1 heterocycles. The average molecular weight is 275 g/mol. The van der Waals surface area contributed by atoms with Gasteiger partial charge < -0.3 is 5.32 Å². The van der Waals surface area contributed by atoms with Gasteiger partial charge in [0.25, 0.3) is 0 Å². The summed E-state index contributed by atoms with van der Waals surface area (Å²) in [4.78, 5) is 4.48. The SMILES string of the molecule is CC(Nc1cc(Cl)cc2cccnc12)C1CCCC1. The zero-order valence-corrected chi connectivity index (χ0v) is 12.0. The lowest BCUT2D eigenvalue weighted by Gasteiger charge is -2.22. The van der Waals surface area contributed by atoms with Crippen LogP contribution in [0.15, 0.2) is 30.5 Å². The first-order valence-corrected chi connectivity index (χ1v) is 7.42. The molecule has 2 nitrogen and oxygen atoms in total. The fraction of sp³-hybridized carbons (Fsp3) is 0.438. The first-order chi connectivity index (χ1) is 9.24. The standard InChI is InChI=1S/C16H19ClN2/c1-11(12-5-2-3-6-12)19-15-10-14(17)9-13-7-4-8-18-16(13)15/h4,7-12,19H,2-3,5-6H2,1H3. The fourth-order valence-electron chi connectivity index (χ4n) is 3.09. The van der Waals surface area contributed by atoms with Crippen LogP contribution in [0.25, 0.3) is 10.9 Å². The lowest BCUT2D eigenvalue weighted by atomic mass is 9.99. The third kappa shape index (κ3) is 2.69. The second-order valence-electron chi connectivity index (χ2n) is 5.51. The highest BCUT2D eigenvalue weighted by Crippen LogP contribution is 2.32. The first kappa shape index (κ1) is 12.7. The average Bonchev–Trinajstić information content (AvgIpc) is 2.92. The summed E-state index contributed by atoms with van der Waals surface area (Å²) in [5.41, 5.74) is 2.07. The van der Waals surface area contributed by atoms with Crippen LogP contribution in [0.5, 0.6) is 0 Å². The van der Waals surface area contributed by atoms with Crippen LogP contribution in [0.3, 0.4) is 0 Å². The Labute approximate surface area is 119 Å². The largest absolute Gasteiger partial charge is 0.381 e. The van der Waals surface area contributed by atoms with Crippen molar-refractivity contribution in [2.24, 2.45) is 5.92 Å². The van der Waals surface area contributed by atoms with Crippen LogP contribution < -0.4 is 5.32 Å². The molecule has 0 saturated heterocycles. The Morgan fingerprint density at radius 1 is 1.32 bits per heavy atom. The minimum Gasteiger partial charge on any atom is -0.381 e. The number of hydrogen-bond acceptors (Lipinski definition) is 2. The van der Waals surface area contributed by atoms with Crippen LogP contribution in [0.4, 0.5) is 5.69 Å². The van der Waals surface area contributed by atoms with Gasteiger partial charge in [-0.3, -0.25) is 4.98 Å². The van der Waals surface area contributed by atoms with Crippen LogP contribution in [0.2, 0.25) is 5.02 Å². The highest BCUT2D eigenvalue weighted by atomic mass is 35.5. The zero-order valence-electron chi connectivity index (χ0n) is 11.2. The van der Waals surface area contributed by atoms with Gasteiger partial charge in [0, 0.05) is 22.6 Å². The number of nitrogens with one attached hydrogen (secondary N) is 1. The molecule has 1 fully saturated rings. The third-order valence-corrected chi connectivity index (χ3v) is 4.38. The Morgan fingerprint density at radius 3 is 2.89 bits per heavy atom. The normalized spacial score (nSPS) is 17.8. The van der Waals surface area contributed by atoms with Crippen molar-refractivity contribution < 1.29 is 0 Å². The van der Waals surface area contributed by atoms with Gasteiger partial charge in [0.1, 0.15) is 0 Å². The van der Waals surface area contributed by atoms with E-state index in [4.69, 9.17) is 11.6 Å². The highest BCUT2D eigenvalue weighted by molar-refractivity contribution is 6.31. The van der Waals surface area contributed by atoms with E-state index in [-0.39, 0.29) is 0 Å². The molecule has 1 aromatic carbocycles. The van der Waals surface area contributed by atoms with Crippen LogP contribution in [-0.2, 0) is 0 Å². The second-order valence-corrected chi connectivity index (χ2v) is 5.94. The maximum atomic E-state index is 6.20. The molecule has 1 saturated carbocycles. The zero-order chi connectivity index (χ0) is 13.2. The van der Waals surface area contributed by atoms with E-state index in [2.05, 4.69) is 23.3 Å². The van der Waals surface area contributed by atoms with Crippen molar-refractivity contribution in [3.8, 4) is 0 Å². The summed E-state index contributed by atoms with van der Waals surface area (Å²) < 4.78 is 0. The Balaban J connectivity index is 1.91. The summed E-state index contributed by atoms with van der Waals surface area (Å²) in [6.07, 6.45) is 7.23. The van der Waals surface area contributed by atoms with Gasteiger partial charge in [-0.1, -0.05) is 30.5 Å². The van der Waals surface area contributed by atoms with Crippen molar-refractivity contribution in [1.82, 2.24) is 4.98 Å². The fourth-order valence-corrected chi connectivity index (χ4v) is 3.31. The van der Waals surface area contributed by atoms with E-state index in [1.54, 1.807) is 0 Å². The smallest absolute Gasteiger partial charge is 0.0934 e. The molecule has 1 aliphatic carbocycles. The summed E-state index contributed by atoms with van der Waals surface area (Å²) in [7, 11) is 0. The monoisotopic (exact) mass is 274 g/mol. The topological polar surface area (TPSA) is 24.9 Å². The lowest BCUT2D eigenvalue weighted by Crippen LogP contribution is -2.23. The van der Waals surface area contributed by atoms with Crippen molar-refractivity contribution in [3.05, 3.63) is 35.5 Å². The van der Waals surface area contributed by atoms with Gasteiger partial charge in [0.15, 0.2) is 0 Å². The molecule has 0 radical (unpaired) electrons. The van der Waals surface area contributed by atoms with E-state index in [1.807, 2.05) is 24.4 Å². The molecule has 100 valence electrons. The van der Waals surface area contributed by atoms with Crippen molar-refractivity contribution in [3.63, 3.8) is 0 Å². The van der Waals surface area contributed by atoms with Gasteiger partial charge >= 0.3 is 0 Å². The van der Waals surface area contributed by atoms with Gasteiger partial charge in [-0.05, 0) is 43.9 Å². The van der Waals surface area contributed by atoms with Crippen molar-refractivity contribution in [1.29, 1.82) is 0 Å². The summed E-state index contributed by atoms with van der Waals surface area (Å²) in [6.45, 7) is 2.27. The molecular weight excluding hydrogens is 256 g/mol. The predicted molar refractivity (Wildman–Crippen MR) is 81.8 cm³/mol. The minimum absolute atomic E-state index is 0.478. The minimum atomic E-state index is 0.478. The van der Waals surface area contributed by atoms with Gasteiger partial charge in [0.2, 0.25) is 0 Å². The molecule has 0 amide bonds. The molecule has 1 atom stereocenters. The Morgan fingerprint density at radius 2 is 2.11 bits per heavy atom. The number of halogens is 1. The molecule has 2 aromatic rings. The molecule has 1 aromatic heterocycles. The van der Waals surface area contributed by atoms with Gasteiger partial charge in [-0.15, -0.1) is 0 Å². The number of rotatable bonds is 3. The Bertz CT molecular complexity index is 576. The molecular formula is C16H19ClN2. The first-order valence-electron chi connectivity index (χ1n) is 7.05. The van der Waals surface area contributed by atoms with Crippen LogP contribution >= 0.6 is 11.6 Å². The quantitative estimate of drug-likeness (QED) is 0.863. The number of hydrogen-bond donors (Lipinski definition) is 1. The number of anilines is 1. The molecule has 0 aliphatic heterocycles. The molecule has 1 N–H and O–H groups in total. The van der Waals surface area contributed by atoms with Gasteiger partial charge in [-0.25, -0.2) is 0 Å². The number of aromatic nitrogens is 1. The van der Waals surface area contributed by atoms with Crippen LogP contribution in [-0.4, -0.2) is 11.0 Å². The van der Waals surface area contributed by atoms with E-state index in [1.165, 1.54) is 25.7 Å². The number of benzene rings is 1. The number of pyridine rings is 1. The maximum Gasteiger partial charge on any atom is 0.0934 e. The summed E-state index contributed by atoms with van der Waals surface area (Å²) in [6, 6.07) is 8.44. The molecule has 1 unspecified atom stereocenters. The molecule has 0 spiro atoms. The molecule has 1 aliphatic rings. The van der Waals surface area contributed by atoms with Gasteiger partial charge in [0.05, 0.1) is 11.2 Å². The Kier molecular flexibility index (Phi) is 3.61. The van der Waals surface area contributed by atoms with E-state index >= 15 is 0 Å². The summed E-state index contributed by atoms with van der Waals surface area (Å²) >= 11 is 6.20. The molecule has 3 rings (SSSR count). The maximum absolute atomic E-state index is 6.20. The lowest BCUT2D eigenvalue weighted by molar-refractivity contribution is 0.482.